The van der Waals surface area contributed by atoms with Crippen LogP contribution in [0.2, 0.25) is 0 Å². The number of carbonyl (C=O) groups is 1. The molecule has 0 aliphatic carbocycles. The van der Waals surface area contributed by atoms with Gasteiger partial charge in [-0.25, -0.2) is 9.59 Å². The van der Waals surface area contributed by atoms with E-state index in [2.05, 4.69) is 4.98 Å². The van der Waals surface area contributed by atoms with Crippen LogP contribution in [0.3, 0.4) is 0 Å². The molecule has 1 saturated heterocycles. The number of aryl methyl sites for hydroxylation is 1. The molecule has 1 aromatic carbocycles. The lowest BCUT2D eigenvalue weighted by Gasteiger charge is -2.18. The van der Waals surface area contributed by atoms with Crippen LogP contribution in [0.25, 0.3) is 0 Å². The van der Waals surface area contributed by atoms with Gasteiger partial charge in [0.25, 0.3) is 0 Å². The van der Waals surface area contributed by atoms with Crippen LogP contribution < -0.4 is 11.4 Å². The SMILES string of the molecule is Cc1cn([C@@H]2O[C@H](COC(=O)c3ccccc3)[C@@H](O)[C@H]2O)c(=O)nc1N. The summed E-state index contributed by atoms with van der Waals surface area (Å²) in [5, 5.41) is 20.4. The van der Waals surface area contributed by atoms with Crippen LogP contribution >= 0.6 is 0 Å². The van der Waals surface area contributed by atoms with Crippen molar-refractivity contribution in [1.82, 2.24) is 9.55 Å². The van der Waals surface area contributed by atoms with Crippen molar-refractivity contribution in [2.75, 3.05) is 12.3 Å². The first-order valence-corrected chi connectivity index (χ1v) is 7.97. The highest BCUT2D eigenvalue weighted by atomic mass is 16.6. The van der Waals surface area contributed by atoms with Crippen LogP contribution in [0.1, 0.15) is 22.1 Å². The predicted molar refractivity (Wildman–Crippen MR) is 90.3 cm³/mol. The number of nitrogens with zero attached hydrogens (tertiary/aromatic N) is 2. The molecule has 1 aliphatic rings. The molecule has 138 valence electrons. The smallest absolute Gasteiger partial charge is 0.351 e. The summed E-state index contributed by atoms with van der Waals surface area (Å²) in [6, 6.07) is 8.34. The molecule has 2 heterocycles. The van der Waals surface area contributed by atoms with Gasteiger partial charge in [0.2, 0.25) is 0 Å². The number of nitrogen functional groups attached to an aromatic ring is 1. The molecule has 4 atom stereocenters. The molecule has 4 N–H and O–H groups in total. The van der Waals surface area contributed by atoms with Crippen molar-refractivity contribution in [3.8, 4) is 0 Å². The fourth-order valence-corrected chi connectivity index (χ4v) is 2.67. The number of hydrogen-bond acceptors (Lipinski definition) is 8. The molecule has 26 heavy (non-hydrogen) atoms. The van der Waals surface area contributed by atoms with Gasteiger partial charge in [-0.15, -0.1) is 0 Å². The summed E-state index contributed by atoms with van der Waals surface area (Å²) in [6.45, 7) is 1.37. The molecule has 1 aromatic heterocycles. The van der Waals surface area contributed by atoms with Gasteiger partial charge in [-0.05, 0) is 19.1 Å². The van der Waals surface area contributed by atoms with E-state index in [9.17, 15) is 19.8 Å². The summed E-state index contributed by atoms with van der Waals surface area (Å²) in [5.41, 5.74) is 5.74. The molecule has 0 spiro atoms. The number of aliphatic hydroxyl groups is 2. The zero-order valence-electron chi connectivity index (χ0n) is 14.0. The Morgan fingerprint density at radius 1 is 1.31 bits per heavy atom. The quantitative estimate of drug-likeness (QED) is 0.626. The highest BCUT2D eigenvalue weighted by molar-refractivity contribution is 5.89. The first-order valence-electron chi connectivity index (χ1n) is 7.97. The first kappa shape index (κ1) is 18.1. The Hall–Kier alpha value is -2.75. The van der Waals surface area contributed by atoms with E-state index < -0.39 is 36.2 Å². The third-order valence-corrected chi connectivity index (χ3v) is 4.17. The van der Waals surface area contributed by atoms with Crippen molar-refractivity contribution in [2.24, 2.45) is 0 Å². The molecule has 9 nitrogen and oxygen atoms in total. The second-order valence-electron chi connectivity index (χ2n) is 6.01. The summed E-state index contributed by atoms with van der Waals surface area (Å²) in [6.07, 6.45) is -3.49. The van der Waals surface area contributed by atoms with Crippen molar-refractivity contribution >= 4 is 11.8 Å². The van der Waals surface area contributed by atoms with E-state index in [-0.39, 0.29) is 12.4 Å². The van der Waals surface area contributed by atoms with Gasteiger partial charge >= 0.3 is 11.7 Å². The van der Waals surface area contributed by atoms with Crippen LogP contribution in [0.4, 0.5) is 5.82 Å². The number of hydrogen-bond donors (Lipinski definition) is 3. The Morgan fingerprint density at radius 3 is 2.69 bits per heavy atom. The van der Waals surface area contributed by atoms with Crippen LogP contribution in [0, 0.1) is 6.92 Å². The number of nitrogens with two attached hydrogens (primary N) is 1. The van der Waals surface area contributed by atoms with Gasteiger partial charge in [-0.1, -0.05) is 18.2 Å². The lowest BCUT2D eigenvalue weighted by atomic mass is 10.1. The lowest BCUT2D eigenvalue weighted by molar-refractivity contribution is -0.0598. The van der Waals surface area contributed by atoms with E-state index in [4.69, 9.17) is 15.2 Å². The maximum absolute atomic E-state index is 12.0. The van der Waals surface area contributed by atoms with Crippen molar-refractivity contribution < 1.29 is 24.5 Å². The molecule has 0 amide bonds. The van der Waals surface area contributed by atoms with Gasteiger partial charge in [-0.3, -0.25) is 4.57 Å². The molecule has 1 fully saturated rings. The van der Waals surface area contributed by atoms with Crippen molar-refractivity contribution in [1.29, 1.82) is 0 Å². The summed E-state index contributed by atoms with van der Waals surface area (Å²) in [5.74, 6) is -0.505. The number of ether oxygens (including phenoxy) is 2. The third kappa shape index (κ3) is 3.45. The number of aliphatic hydroxyl groups excluding tert-OH is 2. The van der Waals surface area contributed by atoms with Crippen LogP contribution in [0.5, 0.6) is 0 Å². The van der Waals surface area contributed by atoms with Gasteiger partial charge in [0, 0.05) is 11.8 Å². The highest BCUT2D eigenvalue weighted by Crippen LogP contribution is 2.29. The lowest BCUT2D eigenvalue weighted by Crippen LogP contribution is -2.36. The molecule has 0 saturated carbocycles. The van der Waals surface area contributed by atoms with Gasteiger partial charge < -0.3 is 25.4 Å². The van der Waals surface area contributed by atoms with Crippen molar-refractivity contribution in [3.63, 3.8) is 0 Å². The van der Waals surface area contributed by atoms with E-state index >= 15 is 0 Å². The van der Waals surface area contributed by atoms with Gasteiger partial charge in [-0.2, -0.15) is 4.98 Å². The van der Waals surface area contributed by atoms with E-state index in [1.807, 2.05) is 0 Å². The predicted octanol–water partition coefficient (Wildman–Crippen LogP) is -0.390. The normalized spacial score (nSPS) is 25.2. The van der Waals surface area contributed by atoms with E-state index in [0.717, 1.165) is 4.57 Å². The molecule has 3 rings (SSSR count). The van der Waals surface area contributed by atoms with E-state index in [1.165, 1.54) is 6.20 Å². The fraction of sp³-hybridized carbons (Fsp3) is 0.353. The van der Waals surface area contributed by atoms with Crippen molar-refractivity contribution in [3.05, 3.63) is 58.1 Å². The first-order chi connectivity index (χ1) is 12.4. The summed E-state index contributed by atoms with van der Waals surface area (Å²) < 4.78 is 11.7. The fourth-order valence-electron chi connectivity index (χ4n) is 2.67. The number of esters is 1. The monoisotopic (exact) mass is 361 g/mol. The minimum absolute atomic E-state index is 0.0765. The maximum atomic E-state index is 12.0. The largest absolute Gasteiger partial charge is 0.459 e. The molecule has 9 heteroatoms. The molecule has 0 bridgehead atoms. The van der Waals surface area contributed by atoms with E-state index in [1.54, 1.807) is 37.3 Å². The molecule has 0 unspecified atom stereocenters. The Balaban J connectivity index is 1.71. The average Bonchev–Trinajstić information content (AvgIpc) is 2.91. The topological polar surface area (TPSA) is 137 Å². The Kier molecular flexibility index (Phi) is 5.03. The Bertz CT molecular complexity index is 853. The highest BCUT2D eigenvalue weighted by Gasteiger charge is 2.44. The minimum Gasteiger partial charge on any atom is -0.459 e. The Labute approximate surface area is 148 Å². The van der Waals surface area contributed by atoms with Crippen LogP contribution in [-0.2, 0) is 9.47 Å². The summed E-state index contributed by atoms with van der Waals surface area (Å²) in [4.78, 5) is 27.6. The maximum Gasteiger partial charge on any atom is 0.351 e. The van der Waals surface area contributed by atoms with Gasteiger partial charge in [0.15, 0.2) is 6.23 Å². The third-order valence-electron chi connectivity index (χ3n) is 4.17. The number of anilines is 1. The number of benzene rings is 1. The molecular weight excluding hydrogens is 342 g/mol. The summed E-state index contributed by atoms with van der Waals surface area (Å²) in [7, 11) is 0. The molecular formula is C17H19N3O6. The van der Waals surface area contributed by atoms with Gasteiger partial charge in [0.1, 0.15) is 30.7 Å². The Morgan fingerprint density at radius 2 is 2.00 bits per heavy atom. The minimum atomic E-state index is -1.39. The number of aromatic nitrogens is 2. The number of rotatable bonds is 4. The summed E-state index contributed by atoms with van der Waals surface area (Å²) >= 11 is 0. The van der Waals surface area contributed by atoms with Crippen LogP contribution in [0.15, 0.2) is 41.3 Å². The zero-order chi connectivity index (χ0) is 18.8. The van der Waals surface area contributed by atoms with Gasteiger partial charge in [0.05, 0.1) is 5.56 Å². The standard InChI is InChI=1S/C17H19N3O6/c1-9-7-20(17(24)19-14(9)18)15-13(22)12(21)11(26-15)8-25-16(23)10-5-3-2-4-6-10/h2-7,11-13,15,21-22H,8H2,1H3,(H2,18,19,24)/t11-,12-,13-,15-/m1/s1. The number of carbonyl (C=O) groups excluding carboxylic acids is 1. The van der Waals surface area contributed by atoms with E-state index in [0.29, 0.717) is 11.1 Å². The molecule has 0 radical (unpaired) electrons. The second-order valence-corrected chi connectivity index (χ2v) is 6.01. The second kappa shape index (κ2) is 7.24. The van der Waals surface area contributed by atoms with Crippen LogP contribution in [-0.4, -0.2) is 50.7 Å². The average molecular weight is 361 g/mol. The molecule has 2 aromatic rings. The van der Waals surface area contributed by atoms with Crippen molar-refractivity contribution in [2.45, 2.75) is 31.5 Å². The molecule has 1 aliphatic heterocycles. The zero-order valence-corrected chi connectivity index (χ0v) is 14.0.